The highest BCUT2D eigenvalue weighted by Crippen LogP contribution is 2.22. The minimum absolute atomic E-state index is 0.00272. The molecule has 1 fully saturated rings. The third-order valence-corrected chi connectivity index (χ3v) is 3.40. The second-order valence-corrected chi connectivity index (χ2v) is 6.33. The normalized spacial score (nSPS) is 18.8. The number of aryl methyl sites for hydroxylation is 1. The second kappa shape index (κ2) is 6.28. The highest BCUT2D eigenvalue weighted by Gasteiger charge is 2.36. The number of esters is 1. The van der Waals surface area contributed by atoms with Crippen molar-refractivity contribution in [2.24, 2.45) is 0 Å². The van der Waals surface area contributed by atoms with Crippen molar-refractivity contribution in [1.82, 2.24) is 14.5 Å². The first kappa shape index (κ1) is 15.5. The molecule has 6 heteroatoms. The molecule has 1 aromatic rings. The Morgan fingerprint density at radius 1 is 1.38 bits per heavy atom. The molecule has 0 saturated carbocycles. The molecule has 116 valence electrons. The Hall–Kier alpha value is -1.85. The third kappa shape index (κ3) is 4.31. The molecule has 0 aliphatic carbocycles. The number of carbonyl (C=O) groups is 2. The highest BCUT2D eigenvalue weighted by molar-refractivity contribution is 5.85. The first-order valence-electron chi connectivity index (χ1n) is 7.35. The molecule has 1 atom stereocenters. The van der Waals surface area contributed by atoms with Crippen molar-refractivity contribution in [1.29, 1.82) is 0 Å². The summed E-state index contributed by atoms with van der Waals surface area (Å²) < 4.78 is 7.26. The number of likely N-dealkylation sites (tertiary alicyclic amines) is 1. The van der Waals surface area contributed by atoms with Gasteiger partial charge in [0.2, 0.25) is 5.91 Å². The summed E-state index contributed by atoms with van der Waals surface area (Å²) in [5, 5.41) is 0. The predicted molar refractivity (Wildman–Crippen MR) is 77.4 cm³/mol. The zero-order valence-corrected chi connectivity index (χ0v) is 12.9. The molecule has 0 unspecified atom stereocenters. The van der Waals surface area contributed by atoms with Gasteiger partial charge in [-0.15, -0.1) is 0 Å². The maximum absolute atomic E-state index is 12.3. The Morgan fingerprint density at radius 3 is 2.76 bits per heavy atom. The summed E-state index contributed by atoms with van der Waals surface area (Å²) in [5.74, 6) is -0.298. The molecule has 0 spiro atoms. The zero-order chi connectivity index (χ0) is 15.5. The van der Waals surface area contributed by atoms with Gasteiger partial charge in [0, 0.05) is 31.9 Å². The average Bonchev–Trinajstić information content (AvgIpc) is 3.05. The van der Waals surface area contributed by atoms with E-state index in [2.05, 4.69) is 4.98 Å². The summed E-state index contributed by atoms with van der Waals surface area (Å²) >= 11 is 0. The van der Waals surface area contributed by atoms with Crippen LogP contribution in [0.25, 0.3) is 0 Å². The van der Waals surface area contributed by atoms with E-state index in [-0.39, 0.29) is 11.9 Å². The molecule has 6 nitrogen and oxygen atoms in total. The number of hydrogen-bond acceptors (Lipinski definition) is 4. The fourth-order valence-electron chi connectivity index (χ4n) is 2.47. The van der Waals surface area contributed by atoms with Crippen LogP contribution in [0, 0.1) is 0 Å². The van der Waals surface area contributed by atoms with Gasteiger partial charge in [0.05, 0.1) is 6.33 Å². The number of amides is 1. The van der Waals surface area contributed by atoms with Gasteiger partial charge >= 0.3 is 5.97 Å². The Morgan fingerprint density at radius 2 is 2.14 bits per heavy atom. The molecule has 1 aromatic heterocycles. The van der Waals surface area contributed by atoms with Crippen LogP contribution in [-0.4, -0.2) is 44.5 Å². The summed E-state index contributed by atoms with van der Waals surface area (Å²) in [6.07, 6.45) is 7.09. The number of hydrogen-bond donors (Lipinski definition) is 0. The van der Waals surface area contributed by atoms with Crippen molar-refractivity contribution < 1.29 is 14.3 Å². The molecular formula is C15H23N3O3. The Balaban J connectivity index is 1.91. The zero-order valence-electron chi connectivity index (χ0n) is 12.9. The van der Waals surface area contributed by atoms with E-state index in [4.69, 9.17) is 4.74 Å². The smallest absolute Gasteiger partial charge is 0.329 e. The SMILES string of the molecule is CC(C)(C)OC(=O)[C@@H]1CCCN1C(=O)CCn1ccnc1. The molecule has 0 radical (unpaired) electrons. The molecule has 1 saturated heterocycles. The Labute approximate surface area is 125 Å². The fraction of sp³-hybridized carbons (Fsp3) is 0.667. The van der Waals surface area contributed by atoms with Gasteiger partial charge in [0.15, 0.2) is 0 Å². The minimum Gasteiger partial charge on any atom is -0.458 e. The lowest BCUT2D eigenvalue weighted by molar-refractivity contribution is -0.163. The van der Waals surface area contributed by atoms with Gasteiger partial charge in [-0.25, -0.2) is 9.78 Å². The quantitative estimate of drug-likeness (QED) is 0.791. The monoisotopic (exact) mass is 293 g/mol. The molecule has 0 aromatic carbocycles. The van der Waals surface area contributed by atoms with Crippen LogP contribution in [0.2, 0.25) is 0 Å². The lowest BCUT2D eigenvalue weighted by Crippen LogP contribution is -2.43. The molecular weight excluding hydrogens is 270 g/mol. The minimum atomic E-state index is -0.523. The van der Waals surface area contributed by atoms with Gasteiger partial charge < -0.3 is 14.2 Å². The van der Waals surface area contributed by atoms with Crippen molar-refractivity contribution in [3.8, 4) is 0 Å². The van der Waals surface area contributed by atoms with Crippen LogP contribution >= 0.6 is 0 Å². The van der Waals surface area contributed by atoms with E-state index in [1.807, 2.05) is 31.5 Å². The maximum atomic E-state index is 12.3. The van der Waals surface area contributed by atoms with Gasteiger partial charge in [-0.3, -0.25) is 4.79 Å². The topological polar surface area (TPSA) is 64.4 Å². The summed E-state index contributed by atoms with van der Waals surface area (Å²) in [4.78, 5) is 30.1. The molecule has 21 heavy (non-hydrogen) atoms. The standard InChI is InChI=1S/C15H23N3O3/c1-15(2,3)21-14(20)12-5-4-8-18(12)13(19)6-9-17-10-7-16-11-17/h7,10-12H,4-6,8-9H2,1-3H3/t12-/m0/s1. The lowest BCUT2D eigenvalue weighted by Gasteiger charge is -2.27. The molecule has 1 aliphatic rings. The van der Waals surface area contributed by atoms with E-state index in [1.54, 1.807) is 17.4 Å². The first-order valence-corrected chi connectivity index (χ1v) is 7.35. The van der Waals surface area contributed by atoms with Gasteiger partial charge in [-0.05, 0) is 33.6 Å². The molecule has 0 N–H and O–H groups in total. The second-order valence-electron chi connectivity index (χ2n) is 6.33. The Bertz CT molecular complexity index is 491. The van der Waals surface area contributed by atoms with E-state index in [0.29, 0.717) is 25.9 Å². The van der Waals surface area contributed by atoms with Crippen molar-refractivity contribution >= 4 is 11.9 Å². The summed E-state index contributed by atoms with van der Waals surface area (Å²) in [6.45, 7) is 6.73. The molecule has 1 amide bonds. The van der Waals surface area contributed by atoms with Crippen LogP contribution in [0.15, 0.2) is 18.7 Å². The molecule has 1 aliphatic heterocycles. The van der Waals surface area contributed by atoms with Crippen LogP contribution < -0.4 is 0 Å². The van der Waals surface area contributed by atoms with Gasteiger partial charge in [-0.1, -0.05) is 0 Å². The largest absolute Gasteiger partial charge is 0.458 e. The van der Waals surface area contributed by atoms with Crippen LogP contribution in [0.4, 0.5) is 0 Å². The van der Waals surface area contributed by atoms with Gasteiger partial charge in [0.25, 0.3) is 0 Å². The van der Waals surface area contributed by atoms with E-state index >= 15 is 0 Å². The maximum Gasteiger partial charge on any atom is 0.329 e. The first-order chi connectivity index (χ1) is 9.87. The number of aromatic nitrogens is 2. The van der Waals surface area contributed by atoms with E-state index in [1.165, 1.54) is 0 Å². The lowest BCUT2D eigenvalue weighted by atomic mass is 10.1. The van der Waals surface area contributed by atoms with Crippen LogP contribution in [0.5, 0.6) is 0 Å². The average molecular weight is 293 g/mol. The van der Waals surface area contributed by atoms with E-state index in [9.17, 15) is 9.59 Å². The number of rotatable bonds is 4. The number of ether oxygens (including phenoxy) is 1. The van der Waals surface area contributed by atoms with E-state index in [0.717, 1.165) is 6.42 Å². The summed E-state index contributed by atoms with van der Waals surface area (Å²) in [7, 11) is 0. The third-order valence-electron chi connectivity index (χ3n) is 3.40. The molecule has 2 rings (SSSR count). The Kier molecular flexibility index (Phi) is 4.65. The van der Waals surface area contributed by atoms with Crippen LogP contribution in [-0.2, 0) is 20.9 Å². The van der Waals surface area contributed by atoms with Gasteiger partial charge in [-0.2, -0.15) is 0 Å². The van der Waals surface area contributed by atoms with Crippen molar-refractivity contribution in [2.75, 3.05) is 6.54 Å². The van der Waals surface area contributed by atoms with Crippen molar-refractivity contribution in [3.63, 3.8) is 0 Å². The number of carbonyl (C=O) groups excluding carboxylic acids is 2. The summed E-state index contributed by atoms with van der Waals surface area (Å²) in [6, 6.07) is -0.431. The van der Waals surface area contributed by atoms with Crippen LogP contribution in [0.3, 0.4) is 0 Å². The predicted octanol–water partition coefficient (Wildman–Crippen LogP) is 1.61. The summed E-state index contributed by atoms with van der Waals surface area (Å²) in [5.41, 5.74) is -0.523. The van der Waals surface area contributed by atoms with Crippen molar-refractivity contribution in [3.05, 3.63) is 18.7 Å². The van der Waals surface area contributed by atoms with E-state index < -0.39 is 11.6 Å². The molecule has 0 bridgehead atoms. The van der Waals surface area contributed by atoms with Gasteiger partial charge in [0.1, 0.15) is 11.6 Å². The number of nitrogens with zero attached hydrogens (tertiary/aromatic N) is 3. The number of imidazole rings is 1. The fourth-order valence-corrected chi connectivity index (χ4v) is 2.47. The van der Waals surface area contributed by atoms with Crippen molar-refractivity contribution in [2.45, 2.75) is 58.2 Å². The highest BCUT2D eigenvalue weighted by atomic mass is 16.6. The van der Waals surface area contributed by atoms with Crippen LogP contribution in [0.1, 0.15) is 40.0 Å². The molecule has 2 heterocycles.